The second-order valence-electron chi connectivity index (χ2n) is 4.87. The van der Waals surface area contributed by atoms with Crippen LogP contribution in [0.25, 0.3) is 0 Å². The van der Waals surface area contributed by atoms with Gasteiger partial charge in [-0.25, -0.2) is 0 Å². The Hall–Kier alpha value is -1.53. The van der Waals surface area contributed by atoms with Crippen LogP contribution in [0.4, 0.5) is 10.5 Å². The van der Waals surface area contributed by atoms with Crippen molar-refractivity contribution in [1.82, 2.24) is 4.90 Å². The summed E-state index contributed by atoms with van der Waals surface area (Å²) in [6.07, 6.45) is 0.990. The Balaban J connectivity index is 1.69. The molecule has 2 rings (SSSR count). The molecule has 20 heavy (non-hydrogen) atoms. The van der Waals surface area contributed by atoms with Crippen LogP contribution in [-0.4, -0.2) is 58.0 Å². The van der Waals surface area contributed by atoms with Gasteiger partial charge in [-0.05, 0) is 18.6 Å². The molecule has 0 bridgehead atoms. The van der Waals surface area contributed by atoms with Gasteiger partial charge >= 0.3 is 0 Å². The Morgan fingerprint density at radius 1 is 1.40 bits per heavy atom. The lowest BCUT2D eigenvalue weighted by Crippen LogP contribution is -2.37. The summed E-state index contributed by atoms with van der Waals surface area (Å²) in [4.78, 5) is 13.4. The molecule has 1 N–H and O–H groups in total. The molecule has 0 aliphatic carbocycles. The van der Waals surface area contributed by atoms with Gasteiger partial charge in [-0.1, -0.05) is 6.07 Å². The standard InChI is InChI=1S/C14H21BN2O3/c15-14(18)16-12-3-1-4-13(11-12)20-8-2-5-17-6-9-19-10-7-17/h1,3-4,11H,2,5-10,15H2,(H,16,18). The molecule has 1 saturated heterocycles. The van der Waals surface area contributed by atoms with Crippen molar-refractivity contribution in [3.8, 4) is 5.75 Å². The monoisotopic (exact) mass is 276 g/mol. The highest BCUT2D eigenvalue weighted by Crippen LogP contribution is 2.17. The van der Waals surface area contributed by atoms with Crippen LogP contribution < -0.4 is 10.1 Å². The maximum Gasteiger partial charge on any atom is 0.216 e. The average Bonchev–Trinajstić information content (AvgIpc) is 2.44. The Kier molecular flexibility index (Phi) is 5.89. The van der Waals surface area contributed by atoms with Crippen LogP contribution in [0.15, 0.2) is 24.3 Å². The molecule has 1 amide bonds. The molecule has 0 saturated carbocycles. The summed E-state index contributed by atoms with van der Waals surface area (Å²) in [5, 5.41) is 2.75. The smallest absolute Gasteiger partial charge is 0.216 e. The van der Waals surface area contributed by atoms with Crippen molar-refractivity contribution in [1.29, 1.82) is 0 Å². The highest BCUT2D eigenvalue weighted by molar-refractivity contribution is 6.60. The Morgan fingerprint density at radius 3 is 2.95 bits per heavy atom. The van der Waals surface area contributed by atoms with E-state index in [1.54, 1.807) is 0 Å². The van der Waals surface area contributed by atoms with Gasteiger partial charge in [0.05, 0.1) is 19.8 Å². The van der Waals surface area contributed by atoms with Crippen molar-refractivity contribution in [3.05, 3.63) is 24.3 Å². The molecule has 5 nitrogen and oxygen atoms in total. The molecule has 1 aliphatic rings. The van der Waals surface area contributed by atoms with Gasteiger partial charge in [0.1, 0.15) is 5.75 Å². The van der Waals surface area contributed by atoms with E-state index in [0.29, 0.717) is 6.61 Å². The highest BCUT2D eigenvalue weighted by Gasteiger charge is 2.09. The molecule has 1 aromatic carbocycles. The third-order valence-corrected chi connectivity index (χ3v) is 3.15. The maximum atomic E-state index is 11.0. The second kappa shape index (κ2) is 7.92. The number of rotatable bonds is 6. The fourth-order valence-corrected chi connectivity index (χ4v) is 2.17. The molecule has 0 unspecified atom stereocenters. The third-order valence-electron chi connectivity index (χ3n) is 3.15. The first-order valence-corrected chi connectivity index (χ1v) is 7.04. The summed E-state index contributed by atoms with van der Waals surface area (Å²) < 4.78 is 11.0. The van der Waals surface area contributed by atoms with Crippen LogP contribution in [0, 0.1) is 0 Å². The molecule has 0 aromatic heterocycles. The van der Waals surface area contributed by atoms with Gasteiger partial charge in [-0.3, -0.25) is 9.69 Å². The molecule has 1 aliphatic heterocycles. The fourth-order valence-electron chi connectivity index (χ4n) is 2.17. The molecule has 1 heterocycles. The number of carbonyl (C=O) groups is 1. The average molecular weight is 276 g/mol. The second-order valence-corrected chi connectivity index (χ2v) is 4.87. The van der Waals surface area contributed by atoms with Gasteiger partial charge in [0.2, 0.25) is 7.85 Å². The van der Waals surface area contributed by atoms with Crippen LogP contribution in [0.1, 0.15) is 6.42 Å². The largest absolute Gasteiger partial charge is 0.493 e. The van der Waals surface area contributed by atoms with Crippen LogP contribution in [-0.2, 0) is 4.74 Å². The Labute approximate surface area is 120 Å². The number of anilines is 1. The van der Waals surface area contributed by atoms with E-state index in [1.807, 2.05) is 24.3 Å². The van der Waals surface area contributed by atoms with E-state index >= 15 is 0 Å². The highest BCUT2D eigenvalue weighted by atomic mass is 16.5. The van der Waals surface area contributed by atoms with Crippen molar-refractivity contribution in [2.24, 2.45) is 0 Å². The van der Waals surface area contributed by atoms with E-state index in [0.717, 1.165) is 50.7 Å². The van der Waals surface area contributed by atoms with E-state index < -0.39 is 0 Å². The SMILES string of the molecule is BC(=O)Nc1cccc(OCCCN2CCOCC2)c1. The molecule has 0 radical (unpaired) electrons. The van der Waals surface area contributed by atoms with E-state index in [-0.39, 0.29) is 5.81 Å². The summed E-state index contributed by atoms with van der Waals surface area (Å²) in [5.74, 6) is 0.715. The zero-order chi connectivity index (χ0) is 14.2. The van der Waals surface area contributed by atoms with Crippen LogP contribution in [0.3, 0.4) is 0 Å². The number of hydrogen-bond acceptors (Lipinski definition) is 4. The van der Waals surface area contributed by atoms with Crippen LogP contribution in [0.2, 0.25) is 0 Å². The zero-order valence-corrected chi connectivity index (χ0v) is 11.9. The number of morpholine rings is 1. The first-order chi connectivity index (χ1) is 9.74. The zero-order valence-electron chi connectivity index (χ0n) is 11.9. The number of amides is 1. The molecule has 0 atom stereocenters. The number of hydrogen-bond donors (Lipinski definition) is 1. The van der Waals surface area contributed by atoms with Gasteiger partial charge in [0, 0.05) is 31.4 Å². The number of nitrogens with zero attached hydrogens (tertiary/aromatic N) is 1. The summed E-state index contributed by atoms with van der Waals surface area (Å²) in [7, 11) is 1.50. The minimum Gasteiger partial charge on any atom is -0.493 e. The van der Waals surface area contributed by atoms with Crippen molar-refractivity contribution >= 4 is 19.3 Å². The summed E-state index contributed by atoms with van der Waals surface area (Å²) in [6, 6.07) is 7.47. The minimum atomic E-state index is -0.0746. The van der Waals surface area contributed by atoms with Crippen LogP contribution >= 0.6 is 0 Å². The van der Waals surface area contributed by atoms with Gasteiger partial charge in [0.25, 0.3) is 0 Å². The van der Waals surface area contributed by atoms with Gasteiger partial charge in [-0.15, -0.1) is 0 Å². The minimum absolute atomic E-state index is 0.0746. The lowest BCUT2D eigenvalue weighted by atomic mass is 10.1. The van der Waals surface area contributed by atoms with E-state index in [9.17, 15) is 4.79 Å². The Morgan fingerprint density at radius 2 is 2.20 bits per heavy atom. The number of ether oxygens (including phenoxy) is 2. The predicted octanol–water partition coefficient (Wildman–Crippen LogP) is 0.953. The van der Waals surface area contributed by atoms with Crippen molar-refractivity contribution in [3.63, 3.8) is 0 Å². The fraction of sp³-hybridized carbons (Fsp3) is 0.500. The number of carbonyl (C=O) groups excluding carboxylic acids is 1. The summed E-state index contributed by atoms with van der Waals surface area (Å²) in [6.45, 7) is 5.41. The molecule has 1 aromatic rings. The predicted molar refractivity (Wildman–Crippen MR) is 81.4 cm³/mol. The summed E-state index contributed by atoms with van der Waals surface area (Å²) >= 11 is 0. The Bertz CT molecular complexity index is 436. The lowest BCUT2D eigenvalue weighted by molar-refractivity contribution is 0.0358. The first kappa shape index (κ1) is 14.9. The lowest BCUT2D eigenvalue weighted by Gasteiger charge is -2.26. The van der Waals surface area contributed by atoms with Crippen molar-refractivity contribution in [2.45, 2.75) is 6.42 Å². The van der Waals surface area contributed by atoms with Gasteiger partial charge in [0.15, 0.2) is 5.81 Å². The van der Waals surface area contributed by atoms with Gasteiger partial charge < -0.3 is 14.8 Å². The third kappa shape index (κ3) is 5.23. The summed E-state index contributed by atoms with van der Waals surface area (Å²) in [5.41, 5.74) is 0.767. The van der Waals surface area contributed by atoms with E-state index in [4.69, 9.17) is 9.47 Å². The molecule has 108 valence electrons. The van der Waals surface area contributed by atoms with E-state index in [1.165, 1.54) is 7.85 Å². The van der Waals surface area contributed by atoms with Crippen molar-refractivity contribution in [2.75, 3.05) is 44.8 Å². The molecular weight excluding hydrogens is 255 g/mol. The molecule has 6 heteroatoms. The maximum absolute atomic E-state index is 11.0. The number of nitrogens with one attached hydrogen (secondary N) is 1. The number of benzene rings is 1. The van der Waals surface area contributed by atoms with Gasteiger partial charge in [-0.2, -0.15) is 0 Å². The molecule has 0 spiro atoms. The topological polar surface area (TPSA) is 50.8 Å². The first-order valence-electron chi connectivity index (χ1n) is 7.04. The molecule has 1 fully saturated rings. The van der Waals surface area contributed by atoms with Crippen molar-refractivity contribution < 1.29 is 14.3 Å². The van der Waals surface area contributed by atoms with Crippen LogP contribution in [0.5, 0.6) is 5.75 Å². The molecular formula is C14H21BN2O3. The van der Waals surface area contributed by atoms with E-state index in [2.05, 4.69) is 10.2 Å². The quantitative estimate of drug-likeness (QED) is 0.621. The normalized spacial score (nSPS) is 15.8.